The Kier molecular flexibility index (Phi) is 4.76. The maximum absolute atomic E-state index is 12.4. The number of hydrogen-bond acceptors (Lipinski definition) is 4. The molecule has 0 aliphatic rings. The lowest BCUT2D eigenvalue weighted by Crippen LogP contribution is -2.32. The average Bonchev–Trinajstić information content (AvgIpc) is 2.24. The smallest absolute Gasteiger partial charge is 0.407 e. The molecule has 0 aliphatic heterocycles. The van der Waals surface area contributed by atoms with E-state index < -0.39 is 17.8 Å². The zero-order valence-electron chi connectivity index (χ0n) is 10.6. The Hall–Kier alpha value is -1.98. The predicted molar refractivity (Wildman–Crippen MR) is 65.3 cm³/mol. The molecule has 1 N–H and O–H groups in total. The van der Waals surface area contributed by atoms with E-state index in [-0.39, 0.29) is 0 Å². The lowest BCUT2D eigenvalue weighted by molar-refractivity contribution is 0.0534. The largest absolute Gasteiger partial charge is 0.444 e. The van der Waals surface area contributed by atoms with Gasteiger partial charge in [-0.2, -0.15) is 4.39 Å². The van der Waals surface area contributed by atoms with E-state index in [4.69, 9.17) is 4.74 Å². The maximum Gasteiger partial charge on any atom is 0.407 e. The van der Waals surface area contributed by atoms with Gasteiger partial charge in [0.1, 0.15) is 5.60 Å². The minimum Gasteiger partial charge on any atom is -0.444 e. The van der Waals surface area contributed by atoms with Gasteiger partial charge in [0.25, 0.3) is 0 Å². The van der Waals surface area contributed by atoms with Crippen LogP contribution in [0.25, 0.3) is 6.08 Å². The second-order valence-electron chi connectivity index (χ2n) is 4.57. The van der Waals surface area contributed by atoms with Gasteiger partial charge in [-0.05, 0) is 20.8 Å². The molecule has 0 unspecified atom stereocenters. The molecule has 0 aromatic carbocycles. The van der Waals surface area contributed by atoms with Gasteiger partial charge >= 0.3 is 12.2 Å². The van der Waals surface area contributed by atoms with E-state index in [1.807, 2.05) is 0 Å². The van der Waals surface area contributed by atoms with E-state index in [0.29, 0.717) is 12.1 Å². The molecule has 18 heavy (non-hydrogen) atoms. The zero-order valence-corrected chi connectivity index (χ0v) is 10.6. The fourth-order valence-electron chi connectivity index (χ4n) is 1.06. The third kappa shape index (κ3) is 5.93. The molecule has 1 aromatic heterocycles. The number of nitrogens with one attached hydrogen (secondary N) is 1. The number of carbonyl (C=O) groups excluding carboxylic acids is 1. The Labute approximate surface area is 105 Å². The summed E-state index contributed by atoms with van der Waals surface area (Å²) in [6.45, 7) is 5.68. The van der Waals surface area contributed by atoms with Crippen LogP contribution in [-0.4, -0.2) is 28.2 Å². The number of rotatable bonds is 3. The Morgan fingerprint density at radius 2 is 2.06 bits per heavy atom. The van der Waals surface area contributed by atoms with Crippen LogP contribution in [0.2, 0.25) is 0 Å². The molecule has 0 spiro atoms. The first-order valence-corrected chi connectivity index (χ1v) is 5.48. The summed E-state index contributed by atoms with van der Waals surface area (Å²) in [5.74, 6) is 0. The van der Waals surface area contributed by atoms with Gasteiger partial charge in [0.05, 0.1) is 0 Å². The molecule has 0 saturated carbocycles. The molecule has 1 heterocycles. The van der Waals surface area contributed by atoms with Crippen molar-refractivity contribution in [3.8, 4) is 0 Å². The SMILES string of the molecule is CC(C)(C)OC(=O)NCC=Cc1cnc(F)nc1. The van der Waals surface area contributed by atoms with Crippen LogP contribution in [0.3, 0.4) is 0 Å². The van der Waals surface area contributed by atoms with Gasteiger partial charge in [0.2, 0.25) is 0 Å². The summed E-state index contributed by atoms with van der Waals surface area (Å²) in [5, 5.41) is 2.56. The fraction of sp³-hybridized carbons (Fsp3) is 0.417. The zero-order chi connectivity index (χ0) is 13.6. The summed E-state index contributed by atoms with van der Waals surface area (Å²) in [6, 6.07) is 0. The number of amides is 1. The van der Waals surface area contributed by atoms with Gasteiger partial charge < -0.3 is 10.1 Å². The normalized spacial score (nSPS) is 11.6. The van der Waals surface area contributed by atoms with Crippen LogP contribution < -0.4 is 5.32 Å². The van der Waals surface area contributed by atoms with E-state index >= 15 is 0 Å². The van der Waals surface area contributed by atoms with E-state index in [9.17, 15) is 9.18 Å². The maximum atomic E-state index is 12.4. The molecule has 1 rings (SSSR count). The Morgan fingerprint density at radius 1 is 1.44 bits per heavy atom. The minimum atomic E-state index is -0.765. The Balaban J connectivity index is 2.33. The van der Waals surface area contributed by atoms with Gasteiger partial charge in [-0.3, -0.25) is 0 Å². The molecule has 0 aliphatic carbocycles. The van der Waals surface area contributed by atoms with Crippen LogP contribution in [0.4, 0.5) is 9.18 Å². The van der Waals surface area contributed by atoms with Crippen molar-refractivity contribution in [1.29, 1.82) is 0 Å². The number of carbonyl (C=O) groups is 1. The summed E-state index contributed by atoms with van der Waals surface area (Å²) in [7, 11) is 0. The average molecular weight is 253 g/mol. The van der Waals surface area contributed by atoms with Gasteiger partial charge in [-0.15, -0.1) is 0 Å². The summed E-state index contributed by atoms with van der Waals surface area (Å²) >= 11 is 0. The van der Waals surface area contributed by atoms with E-state index in [2.05, 4.69) is 15.3 Å². The molecular formula is C12H16FN3O2. The van der Waals surface area contributed by atoms with Gasteiger partial charge in [-0.1, -0.05) is 12.2 Å². The molecule has 6 heteroatoms. The minimum absolute atomic E-state index is 0.312. The van der Waals surface area contributed by atoms with E-state index in [1.54, 1.807) is 32.9 Å². The van der Waals surface area contributed by atoms with Gasteiger partial charge in [0.15, 0.2) is 0 Å². The van der Waals surface area contributed by atoms with Crippen molar-refractivity contribution in [3.63, 3.8) is 0 Å². The van der Waals surface area contributed by atoms with Crippen LogP contribution >= 0.6 is 0 Å². The number of alkyl carbamates (subject to hydrolysis) is 1. The van der Waals surface area contributed by atoms with Crippen molar-refractivity contribution in [1.82, 2.24) is 15.3 Å². The molecule has 0 fully saturated rings. The molecule has 98 valence electrons. The number of nitrogens with zero attached hydrogens (tertiary/aromatic N) is 2. The van der Waals surface area contributed by atoms with Crippen molar-refractivity contribution in [2.75, 3.05) is 6.54 Å². The lowest BCUT2D eigenvalue weighted by Gasteiger charge is -2.19. The van der Waals surface area contributed by atoms with Crippen LogP contribution in [0.1, 0.15) is 26.3 Å². The molecular weight excluding hydrogens is 237 g/mol. The molecule has 1 amide bonds. The third-order valence-electron chi connectivity index (χ3n) is 1.71. The van der Waals surface area contributed by atoms with Crippen LogP contribution in [-0.2, 0) is 4.74 Å². The summed E-state index contributed by atoms with van der Waals surface area (Å²) < 4.78 is 17.5. The van der Waals surface area contributed by atoms with Crippen molar-refractivity contribution < 1.29 is 13.9 Å². The molecule has 0 atom stereocenters. The highest BCUT2D eigenvalue weighted by atomic mass is 19.1. The molecule has 0 radical (unpaired) electrons. The summed E-state index contributed by atoms with van der Waals surface area (Å²) in [6.07, 6.45) is 4.83. The first-order valence-electron chi connectivity index (χ1n) is 5.48. The van der Waals surface area contributed by atoms with Crippen molar-refractivity contribution in [2.24, 2.45) is 0 Å². The molecule has 0 saturated heterocycles. The number of aromatic nitrogens is 2. The molecule has 5 nitrogen and oxygen atoms in total. The first kappa shape index (κ1) is 14.1. The van der Waals surface area contributed by atoms with Crippen LogP contribution in [0, 0.1) is 6.08 Å². The monoisotopic (exact) mass is 253 g/mol. The highest BCUT2D eigenvalue weighted by Gasteiger charge is 2.14. The van der Waals surface area contributed by atoms with Crippen molar-refractivity contribution >= 4 is 12.2 Å². The lowest BCUT2D eigenvalue weighted by atomic mass is 10.2. The number of halogens is 1. The summed E-state index contributed by atoms with van der Waals surface area (Å²) in [5.41, 5.74) is 0.140. The predicted octanol–water partition coefficient (Wildman–Crippen LogP) is 2.15. The highest BCUT2D eigenvalue weighted by Crippen LogP contribution is 2.06. The molecule has 0 bridgehead atoms. The second-order valence-corrected chi connectivity index (χ2v) is 4.57. The number of ether oxygens (including phenoxy) is 1. The fourth-order valence-corrected chi connectivity index (χ4v) is 1.06. The second kappa shape index (κ2) is 6.09. The van der Waals surface area contributed by atoms with E-state index in [0.717, 1.165) is 0 Å². The van der Waals surface area contributed by atoms with Crippen molar-refractivity contribution in [2.45, 2.75) is 26.4 Å². The van der Waals surface area contributed by atoms with E-state index in [1.165, 1.54) is 12.4 Å². The Bertz CT molecular complexity index is 424. The summed E-state index contributed by atoms with van der Waals surface area (Å²) in [4.78, 5) is 18.1. The van der Waals surface area contributed by atoms with Gasteiger partial charge in [0, 0.05) is 24.5 Å². The van der Waals surface area contributed by atoms with Gasteiger partial charge in [-0.25, -0.2) is 14.8 Å². The van der Waals surface area contributed by atoms with Crippen LogP contribution in [0.5, 0.6) is 0 Å². The topological polar surface area (TPSA) is 64.1 Å². The van der Waals surface area contributed by atoms with Crippen molar-refractivity contribution in [3.05, 3.63) is 30.1 Å². The highest BCUT2D eigenvalue weighted by molar-refractivity contribution is 5.68. The standard InChI is InChI=1S/C12H16FN3O2/c1-12(2,3)18-11(17)14-6-4-5-9-7-15-10(13)16-8-9/h4-5,7-8H,6H2,1-3H3,(H,14,17). The number of hydrogen-bond donors (Lipinski definition) is 1. The first-order chi connectivity index (χ1) is 8.37. The Morgan fingerprint density at radius 3 is 2.61 bits per heavy atom. The quantitative estimate of drug-likeness (QED) is 0.838. The molecule has 1 aromatic rings. The van der Waals surface area contributed by atoms with Crippen LogP contribution in [0.15, 0.2) is 18.5 Å². The third-order valence-corrected chi connectivity index (χ3v) is 1.71.